The highest BCUT2D eigenvalue weighted by Gasteiger charge is 2.39. The first-order chi connectivity index (χ1) is 10.9. The van der Waals surface area contributed by atoms with Gasteiger partial charge in [-0.15, -0.1) is 36.2 Å². The number of aromatic nitrogens is 1. The van der Waals surface area contributed by atoms with Gasteiger partial charge in [0, 0.05) is 31.7 Å². The lowest BCUT2D eigenvalue weighted by molar-refractivity contribution is 0.0199. The van der Waals surface area contributed by atoms with E-state index in [2.05, 4.69) is 21.7 Å². The number of rotatable bonds is 3. The standard InChI is InChI=1S/C17H23N3OS.2ClH/c1-2-6-17(7-3-1)13-18-8-9-20(17)11-14-12-21-16(19-14)15-5-4-10-22-15;;/h4-5,10,12,18H,1-3,6-9,11,13H2;2*1H. The average Bonchev–Trinajstić information content (AvgIpc) is 3.22. The maximum atomic E-state index is 5.68. The van der Waals surface area contributed by atoms with E-state index >= 15 is 0 Å². The molecule has 0 aromatic carbocycles. The molecule has 0 bridgehead atoms. The molecule has 2 aromatic heterocycles. The summed E-state index contributed by atoms with van der Waals surface area (Å²) in [5.41, 5.74) is 1.41. The summed E-state index contributed by atoms with van der Waals surface area (Å²) in [5, 5.41) is 5.67. The molecule has 4 nitrogen and oxygen atoms in total. The third kappa shape index (κ3) is 3.97. The van der Waals surface area contributed by atoms with Gasteiger partial charge in [-0.1, -0.05) is 25.3 Å². The van der Waals surface area contributed by atoms with Crippen molar-refractivity contribution in [3.8, 4) is 10.8 Å². The third-order valence-corrected chi connectivity index (χ3v) is 5.96. The first kappa shape index (κ1) is 19.7. The monoisotopic (exact) mass is 389 g/mol. The third-order valence-electron chi connectivity index (χ3n) is 5.10. The second kappa shape index (κ2) is 8.68. The van der Waals surface area contributed by atoms with E-state index < -0.39 is 0 Å². The van der Waals surface area contributed by atoms with Crippen LogP contribution in [0, 0.1) is 0 Å². The molecule has 134 valence electrons. The summed E-state index contributed by atoms with van der Waals surface area (Å²) in [7, 11) is 0. The van der Waals surface area contributed by atoms with Gasteiger partial charge in [-0.05, 0) is 24.3 Å². The van der Waals surface area contributed by atoms with E-state index in [1.165, 1.54) is 32.1 Å². The second-order valence-electron chi connectivity index (χ2n) is 6.50. The zero-order valence-electron chi connectivity index (χ0n) is 13.7. The van der Waals surface area contributed by atoms with Gasteiger partial charge in [-0.2, -0.15) is 0 Å². The van der Waals surface area contributed by atoms with E-state index in [0.29, 0.717) is 5.54 Å². The van der Waals surface area contributed by atoms with Gasteiger partial charge >= 0.3 is 0 Å². The summed E-state index contributed by atoms with van der Waals surface area (Å²) in [6, 6.07) is 4.10. The van der Waals surface area contributed by atoms with Crippen molar-refractivity contribution >= 4 is 36.2 Å². The SMILES string of the molecule is Cl.Cl.c1csc(-c2nc(CN3CCNCC34CCCCC4)co2)c1. The summed E-state index contributed by atoms with van der Waals surface area (Å²) in [4.78, 5) is 8.47. The molecular formula is C17H25Cl2N3OS. The van der Waals surface area contributed by atoms with Gasteiger partial charge < -0.3 is 9.73 Å². The topological polar surface area (TPSA) is 41.3 Å². The fraction of sp³-hybridized carbons (Fsp3) is 0.588. The van der Waals surface area contributed by atoms with Crippen LogP contribution < -0.4 is 5.32 Å². The van der Waals surface area contributed by atoms with Crippen molar-refractivity contribution in [2.75, 3.05) is 19.6 Å². The first-order valence-electron chi connectivity index (χ1n) is 8.30. The minimum Gasteiger partial charge on any atom is -0.444 e. The van der Waals surface area contributed by atoms with Crippen molar-refractivity contribution in [2.45, 2.75) is 44.2 Å². The van der Waals surface area contributed by atoms with Gasteiger partial charge in [0.05, 0.1) is 10.6 Å². The van der Waals surface area contributed by atoms with Gasteiger partial charge in [-0.3, -0.25) is 4.90 Å². The van der Waals surface area contributed by atoms with Crippen LogP contribution >= 0.6 is 36.2 Å². The van der Waals surface area contributed by atoms with Crippen LogP contribution in [0.1, 0.15) is 37.8 Å². The Morgan fingerprint density at radius 2 is 2.08 bits per heavy atom. The molecule has 3 heterocycles. The fourth-order valence-corrected chi connectivity index (χ4v) is 4.58. The zero-order valence-corrected chi connectivity index (χ0v) is 16.2. The molecule has 1 N–H and O–H groups in total. The quantitative estimate of drug-likeness (QED) is 0.846. The maximum absolute atomic E-state index is 5.68. The molecule has 1 saturated heterocycles. The number of nitrogens with zero attached hydrogens (tertiary/aromatic N) is 2. The number of hydrogen-bond donors (Lipinski definition) is 1. The van der Waals surface area contributed by atoms with Crippen molar-refractivity contribution < 1.29 is 4.42 Å². The highest BCUT2D eigenvalue weighted by Crippen LogP contribution is 2.35. The van der Waals surface area contributed by atoms with Crippen molar-refractivity contribution in [3.05, 3.63) is 29.5 Å². The van der Waals surface area contributed by atoms with E-state index in [1.807, 2.05) is 12.3 Å². The number of hydrogen-bond acceptors (Lipinski definition) is 5. The largest absolute Gasteiger partial charge is 0.444 e. The molecule has 0 unspecified atom stereocenters. The van der Waals surface area contributed by atoms with E-state index in [4.69, 9.17) is 9.40 Å². The molecule has 4 rings (SSSR count). The van der Waals surface area contributed by atoms with Gasteiger partial charge in [0.1, 0.15) is 6.26 Å². The van der Waals surface area contributed by atoms with Gasteiger partial charge in [0.15, 0.2) is 0 Å². The Morgan fingerprint density at radius 1 is 1.25 bits per heavy atom. The van der Waals surface area contributed by atoms with Crippen LogP contribution in [0.15, 0.2) is 28.2 Å². The predicted molar refractivity (Wildman–Crippen MR) is 103 cm³/mol. The smallest absolute Gasteiger partial charge is 0.236 e. The molecular weight excluding hydrogens is 365 g/mol. The summed E-state index contributed by atoms with van der Waals surface area (Å²) in [5.74, 6) is 0.762. The van der Waals surface area contributed by atoms with Crippen LogP contribution in [0.3, 0.4) is 0 Å². The molecule has 0 amide bonds. The van der Waals surface area contributed by atoms with E-state index in [9.17, 15) is 0 Å². The van der Waals surface area contributed by atoms with Crippen LogP contribution in [0.5, 0.6) is 0 Å². The summed E-state index contributed by atoms with van der Waals surface area (Å²) in [6.45, 7) is 4.23. The summed E-state index contributed by atoms with van der Waals surface area (Å²) >= 11 is 1.68. The lowest BCUT2D eigenvalue weighted by Crippen LogP contribution is -2.61. The Hall–Kier alpha value is -0.590. The maximum Gasteiger partial charge on any atom is 0.236 e. The molecule has 1 aliphatic carbocycles. The van der Waals surface area contributed by atoms with E-state index in [1.54, 1.807) is 11.3 Å². The number of halogens is 2. The van der Waals surface area contributed by atoms with Crippen LogP contribution in [0.25, 0.3) is 10.8 Å². The first-order valence-corrected chi connectivity index (χ1v) is 9.18. The zero-order chi connectivity index (χ0) is 14.8. The van der Waals surface area contributed by atoms with Gasteiger partial charge in [0.2, 0.25) is 5.89 Å². The Labute approximate surface area is 159 Å². The fourth-order valence-electron chi connectivity index (χ4n) is 3.92. The number of oxazole rings is 1. The predicted octanol–water partition coefficient (Wildman–Crippen LogP) is 4.35. The highest BCUT2D eigenvalue weighted by molar-refractivity contribution is 7.13. The Balaban J connectivity index is 0.00000104. The lowest BCUT2D eigenvalue weighted by Gasteiger charge is -2.49. The minimum atomic E-state index is 0. The molecule has 7 heteroatoms. The molecule has 1 spiro atoms. The molecule has 0 atom stereocenters. The Bertz CT molecular complexity index is 603. The van der Waals surface area contributed by atoms with Crippen LogP contribution in [0.2, 0.25) is 0 Å². The molecule has 1 aliphatic heterocycles. The number of nitrogens with one attached hydrogen (secondary N) is 1. The molecule has 24 heavy (non-hydrogen) atoms. The van der Waals surface area contributed by atoms with Crippen LogP contribution in [-0.2, 0) is 6.54 Å². The molecule has 1 saturated carbocycles. The minimum absolute atomic E-state index is 0. The van der Waals surface area contributed by atoms with E-state index in [0.717, 1.165) is 42.6 Å². The van der Waals surface area contributed by atoms with E-state index in [-0.39, 0.29) is 24.8 Å². The van der Waals surface area contributed by atoms with Gasteiger partial charge in [-0.25, -0.2) is 4.98 Å². The number of thiophene rings is 1. The molecule has 0 radical (unpaired) electrons. The van der Waals surface area contributed by atoms with Crippen molar-refractivity contribution in [3.63, 3.8) is 0 Å². The van der Waals surface area contributed by atoms with Crippen LogP contribution in [0.4, 0.5) is 0 Å². The van der Waals surface area contributed by atoms with Crippen molar-refractivity contribution in [1.29, 1.82) is 0 Å². The summed E-state index contributed by atoms with van der Waals surface area (Å²) in [6.07, 6.45) is 8.58. The molecule has 2 fully saturated rings. The van der Waals surface area contributed by atoms with Crippen molar-refractivity contribution in [2.24, 2.45) is 0 Å². The summed E-state index contributed by atoms with van der Waals surface area (Å²) < 4.78 is 5.68. The Morgan fingerprint density at radius 3 is 2.83 bits per heavy atom. The van der Waals surface area contributed by atoms with Gasteiger partial charge in [0.25, 0.3) is 0 Å². The van der Waals surface area contributed by atoms with Crippen LogP contribution in [-0.4, -0.2) is 35.1 Å². The van der Waals surface area contributed by atoms with Crippen molar-refractivity contribution in [1.82, 2.24) is 15.2 Å². The Kier molecular flexibility index (Phi) is 7.13. The highest BCUT2D eigenvalue weighted by atomic mass is 35.5. The number of piperazine rings is 1. The normalized spacial score (nSPS) is 20.3. The average molecular weight is 390 g/mol. The second-order valence-corrected chi connectivity index (χ2v) is 7.45. The molecule has 2 aliphatic rings. The molecule has 2 aromatic rings. The lowest BCUT2D eigenvalue weighted by atomic mass is 9.79.